The number of carboxylic acids is 1. The third kappa shape index (κ3) is 2.62. The van der Waals surface area contributed by atoms with Gasteiger partial charge in [-0.15, -0.1) is 0 Å². The Kier molecular flexibility index (Phi) is 3.60. The van der Waals surface area contributed by atoms with E-state index in [-0.39, 0.29) is 5.91 Å². The molecular weight excluding hydrogens is 242 g/mol. The highest BCUT2D eigenvalue weighted by Gasteiger charge is 2.41. The summed E-state index contributed by atoms with van der Waals surface area (Å²) in [5.74, 6) is -1.96. The maximum atomic E-state index is 12.1. The van der Waals surface area contributed by atoms with Gasteiger partial charge in [0, 0.05) is 5.69 Å². The van der Waals surface area contributed by atoms with Crippen molar-refractivity contribution in [3.63, 3.8) is 0 Å². The van der Waals surface area contributed by atoms with Crippen molar-refractivity contribution in [2.45, 2.75) is 33.6 Å². The van der Waals surface area contributed by atoms with E-state index in [1.54, 1.807) is 0 Å². The Hall–Kier alpha value is -1.84. The van der Waals surface area contributed by atoms with E-state index >= 15 is 0 Å². The molecule has 2 atom stereocenters. The second-order valence-electron chi connectivity index (χ2n) is 5.39. The monoisotopic (exact) mass is 261 g/mol. The van der Waals surface area contributed by atoms with Crippen LogP contribution in [-0.2, 0) is 9.59 Å². The van der Waals surface area contributed by atoms with Crippen LogP contribution in [-0.4, -0.2) is 17.0 Å². The van der Waals surface area contributed by atoms with Crippen molar-refractivity contribution in [3.8, 4) is 0 Å². The Morgan fingerprint density at radius 2 is 1.63 bits per heavy atom. The largest absolute Gasteiger partial charge is 0.481 e. The highest BCUT2D eigenvalue weighted by molar-refractivity contribution is 5.97. The number of anilines is 1. The van der Waals surface area contributed by atoms with Crippen LogP contribution in [0.2, 0.25) is 0 Å². The van der Waals surface area contributed by atoms with E-state index in [2.05, 4.69) is 5.32 Å². The molecule has 1 aromatic rings. The number of hydrogen-bond donors (Lipinski definition) is 2. The normalized spacial score (nSPS) is 21.6. The summed E-state index contributed by atoms with van der Waals surface area (Å²) in [6.07, 6.45) is 1.26. The molecule has 2 N–H and O–H groups in total. The summed E-state index contributed by atoms with van der Waals surface area (Å²) < 4.78 is 0. The summed E-state index contributed by atoms with van der Waals surface area (Å²) >= 11 is 0. The average molecular weight is 261 g/mol. The fourth-order valence-corrected chi connectivity index (χ4v) is 2.70. The molecule has 4 heteroatoms. The summed E-state index contributed by atoms with van der Waals surface area (Å²) in [5, 5.41) is 11.9. The third-order valence-electron chi connectivity index (χ3n) is 3.85. The maximum Gasteiger partial charge on any atom is 0.307 e. The van der Waals surface area contributed by atoms with Gasteiger partial charge >= 0.3 is 5.97 Å². The van der Waals surface area contributed by atoms with Gasteiger partial charge in [-0.25, -0.2) is 0 Å². The number of nitrogens with one attached hydrogen (secondary N) is 1. The van der Waals surface area contributed by atoms with Crippen molar-refractivity contribution < 1.29 is 14.7 Å². The summed E-state index contributed by atoms with van der Waals surface area (Å²) in [4.78, 5) is 23.1. The van der Waals surface area contributed by atoms with Gasteiger partial charge in [-0.05, 0) is 44.7 Å². The van der Waals surface area contributed by atoms with Crippen molar-refractivity contribution in [1.29, 1.82) is 0 Å². The van der Waals surface area contributed by atoms with Crippen molar-refractivity contribution >= 4 is 17.6 Å². The van der Waals surface area contributed by atoms with Crippen LogP contribution in [0.4, 0.5) is 5.69 Å². The van der Waals surface area contributed by atoms with Gasteiger partial charge in [0.05, 0.1) is 11.8 Å². The molecule has 0 bridgehead atoms. The molecule has 0 aromatic heterocycles. The Morgan fingerprint density at radius 1 is 1.11 bits per heavy atom. The lowest BCUT2D eigenvalue weighted by Gasteiger charge is -2.32. The molecule has 19 heavy (non-hydrogen) atoms. The first-order valence-corrected chi connectivity index (χ1v) is 6.51. The molecule has 0 aliphatic heterocycles. The summed E-state index contributed by atoms with van der Waals surface area (Å²) in [6, 6.07) is 4.02. The molecule has 0 radical (unpaired) electrons. The molecule has 4 nitrogen and oxygen atoms in total. The summed E-state index contributed by atoms with van der Waals surface area (Å²) in [5.41, 5.74) is 3.99. The average Bonchev–Trinajstić information content (AvgIpc) is 2.20. The van der Waals surface area contributed by atoms with E-state index in [4.69, 9.17) is 5.11 Å². The molecule has 1 aliphatic rings. The topological polar surface area (TPSA) is 66.4 Å². The number of aryl methyl sites for hydroxylation is 3. The molecule has 0 heterocycles. The number of hydrogen-bond acceptors (Lipinski definition) is 2. The highest BCUT2D eigenvalue weighted by Crippen LogP contribution is 2.36. The molecule has 0 spiro atoms. The SMILES string of the molecule is Cc1cc(C)c(NC(=O)C2CCC2C(=O)O)c(C)c1. The molecule has 0 saturated heterocycles. The van der Waals surface area contributed by atoms with Gasteiger partial charge in [-0.3, -0.25) is 9.59 Å². The molecule has 1 aromatic carbocycles. The van der Waals surface area contributed by atoms with Gasteiger partial charge < -0.3 is 10.4 Å². The Labute approximate surface area is 112 Å². The molecule has 1 amide bonds. The molecular formula is C15H19NO3. The van der Waals surface area contributed by atoms with Gasteiger partial charge in [0.2, 0.25) is 5.91 Å². The Morgan fingerprint density at radius 3 is 2.05 bits per heavy atom. The van der Waals surface area contributed by atoms with Crippen molar-refractivity contribution in [2.24, 2.45) is 11.8 Å². The van der Waals surface area contributed by atoms with Crippen molar-refractivity contribution in [2.75, 3.05) is 5.32 Å². The maximum absolute atomic E-state index is 12.1. The first-order valence-electron chi connectivity index (χ1n) is 6.51. The number of aliphatic carboxylic acids is 1. The first-order chi connectivity index (χ1) is 8.90. The Bertz CT molecular complexity index is 513. The van der Waals surface area contributed by atoms with Crippen LogP contribution in [0.1, 0.15) is 29.5 Å². The van der Waals surface area contributed by atoms with Gasteiger partial charge in [-0.1, -0.05) is 17.7 Å². The number of benzene rings is 1. The van der Waals surface area contributed by atoms with E-state index in [1.165, 1.54) is 0 Å². The van der Waals surface area contributed by atoms with Gasteiger partial charge in [0.1, 0.15) is 0 Å². The number of amides is 1. The summed E-state index contributed by atoms with van der Waals surface area (Å²) in [7, 11) is 0. The molecule has 1 saturated carbocycles. The number of rotatable bonds is 3. The zero-order valence-electron chi connectivity index (χ0n) is 11.5. The summed E-state index contributed by atoms with van der Waals surface area (Å²) in [6.45, 7) is 5.91. The van der Waals surface area contributed by atoms with E-state index in [9.17, 15) is 9.59 Å². The number of carbonyl (C=O) groups is 2. The fraction of sp³-hybridized carbons (Fsp3) is 0.467. The predicted octanol–water partition coefficient (Wildman–Crippen LogP) is 2.66. The first kappa shape index (κ1) is 13.6. The quantitative estimate of drug-likeness (QED) is 0.879. The fourth-order valence-electron chi connectivity index (χ4n) is 2.70. The number of carbonyl (C=O) groups excluding carboxylic acids is 1. The van der Waals surface area contributed by atoms with Gasteiger partial charge in [0.15, 0.2) is 0 Å². The van der Waals surface area contributed by atoms with Crippen LogP contribution in [0.15, 0.2) is 12.1 Å². The zero-order valence-corrected chi connectivity index (χ0v) is 11.5. The van der Waals surface area contributed by atoms with Crippen molar-refractivity contribution in [3.05, 3.63) is 28.8 Å². The molecule has 1 aliphatic carbocycles. The molecule has 2 rings (SSSR count). The smallest absolute Gasteiger partial charge is 0.307 e. The van der Waals surface area contributed by atoms with E-state index in [0.29, 0.717) is 12.8 Å². The minimum atomic E-state index is -0.872. The third-order valence-corrected chi connectivity index (χ3v) is 3.85. The minimum Gasteiger partial charge on any atom is -0.481 e. The van der Waals surface area contributed by atoms with E-state index < -0.39 is 17.8 Å². The highest BCUT2D eigenvalue weighted by atomic mass is 16.4. The van der Waals surface area contributed by atoms with E-state index in [0.717, 1.165) is 22.4 Å². The van der Waals surface area contributed by atoms with E-state index in [1.807, 2.05) is 32.9 Å². The second kappa shape index (κ2) is 5.03. The molecule has 1 fully saturated rings. The lowest BCUT2D eigenvalue weighted by molar-refractivity contribution is -0.151. The van der Waals surface area contributed by atoms with Gasteiger partial charge in [0.25, 0.3) is 0 Å². The standard InChI is InChI=1S/C15H19NO3/c1-8-6-9(2)13(10(3)7-8)16-14(17)11-4-5-12(11)15(18)19/h6-7,11-12H,4-5H2,1-3H3,(H,16,17)(H,18,19). The minimum absolute atomic E-state index is 0.172. The zero-order chi connectivity index (χ0) is 14.2. The molecule has 2 unspecified atom stereocenters. The predicted molar refractivity (Wildman–Crippen MR) is 73.1 cm³/mol. The number of carboxylic acid groups (broad SMARTS) is 1. The van der Waals surface area contributed by atoms with Crippen LogP contribution in [0.5, 0.6) is 0 Å². The van der Waals surface area contributed by atoms with Crippen LogP contribution in [0.3, 0.4) is 0 Å². The Balaban J connectivity index is 2.14. The van der Waals surface area contributed by atoms with Crippen molar-refractivity contribution in [1.82, 2.24) is 0 Å². The van der Waals surface area contributed by atoms with Crippen LogP contribution >= 0.6 is 0 Å². The lowest BCUT2D eigenvalue weighted by atomic mass is 9.73. The molecule has 102 valence electrons. The lowest BCUT2D eigenvalue weighted by Crippen LogP contribution is -2.41. The van der Waals surface area contributed by atoms with Crippen LogP contribution in [0.25, 0.3) is 0 Å². The van der Waals surface area contributed by atoms with Gasteiger partial charge in [-0.2, -0.15) is 0 Å². The van der Waals surface area contributed by atoms with Crippen LogP contribution in [0, 0.1) is 32.6 Å². The second-order valence-corrected chi connectivity index (χ2v) is 5.39. The van der Waals surface area contributed by atoms with Crippen LogP contribution < -0.4 is 5.32 Å².